The number of halogens is 2. The second kappa shape index (κ2) is 9.17. The number of methoxy groups -OCH3 is 1. The Morgan fingerprint density at radius 1 is 1.29 bits per heavy atom. The molecule has 2 aromatic rings. The van der Waals surface area contributed by atoms with Gasteiger partial charge in [-0.05, 0) is 37.1 Å². The lowest BCUT2D eigenvalue weighted by atomic mass is 10.1. The van der Waals surface area contributed by atoms with Crippen LogP contribution in [-0.2, 0) is 4.79 Å². The Bertz CT molecular complexity index is 872. The average molecular weight is 424 g/mol. The predicted octanol–water partition coefficient (Wildman–Crippen LogP) is 3.97. The van der Waals surface area contributed by atoms with Crippen LogP contribution < -0.4 is 20.7 Å². The Morgan fingerprint density at radius 3 is 2.54 bits per heavy atom. The standard InChI is InChI=1S/C20H22ClN3O3.ClH/c1-12(13-5-7-14(8-6-13)24-9-3-4-19(24)25)23-20(26)15-10-16(21)17(22)11-18(15)27-2;/h5-8,10-12H,3-4,9,22H2,1-2H3,(H,23,26);1H. The number of nitrogen functional groups attached to an aromatic ring is 1. The summed E-state index contributed by atoms with van der Waals surface area (Å²) in [6.07, 6.45) is 1.49. The van der Waals surface area contributed by atoms with Crippen LogP contribution in [0.25, 0.3) is 0 Å². The van der Waals surface area contributed by atoms with E-state index in [-0.39, 0.29) is 30.3 Å². The van der Waals surface area contributed by atoms with Gasteiger partial charge in [-0.2, -0.15) is 0 Å². The van der Waals surface area contributed by atoms with Gasteiger partial charge in [0.1, 0.15) is 5.75 Å². The van der Waals surface area contributed by atoms with E-state index in [0.717, 1.165) is 24.2 Å². The van der Waals surface area contributed by atoms with Crippen molar-refractivity contribution in [1.29, 1.82) is 0 Å². The molecular weight excluding hydrogens is 401 g/mol. The minimum absolute atomic E-state index is 0. The highest BCUT2D eigenvalue weighted by atomic mass is 35.5. The first-order chi connectivity index (χ1) is 12.9. The molecule has 1 heterocycles. The molecule has 1 atom stereocenters. The number of anilines is 2. The number of hydrogen-bond donors (Lipinski definition) is 2. The van der Waals surface area contributed by atoms with Crippen molar-refractivity contribution in [3.63, 3.8) is 0 Å². The molecule has 1 fully saturated rings. The molecule has 3 N–H and O–H groups in total. The van der Waals surface area contributed by atoms with Crippen molar-refractivity contribution < 1.29 is 14.3 Å². The number of carbonyl (C=O) groups excluding carboxylic acids is 2. The molecular formula is C20H23Cl2N3O3. The molecule has 8 heteroatoms. The zero-order valence-corrected chi connectivity index (χ0v) is 17.3. The van der Waals surface area contributed by atoms with Gasteiger partial charge in [0.15, 0.2) is 0 Å². The number of ether oxygens (including phenoxy) is 1. The maximum absolute atomic E-state index is 12.6. The Morgan fingerprint density at radius 2 is 1.96 bits per heavy atom. The van der Waals surface area contributed by atoms with Crippen molar-refractivity contribution in [2.45, 2.75) is 25.8 Å². The second-order valence-corrected chi connectivity index (χ2v) is 6.92. The maximum atomic E-state index is 12.6. The van der Waals surface area contributed by atoms with Gasteiger partial charge in [0.05, 0.1) is 29.4 Å². The Labute approximate surface area is 175 Å². The molecule has 0 aliphatic carbocycles. The van der Waals surface area contributed by atoms with E-state index >= 15 is 0 Å². The summed E-state index contributed by atoms with van der Waals surface area (Å²) in [6, 6.07) is 10.4. The van der Waals surface area contributed by atoms with Gasteiger partial charge >= 0.3 is 0 Å². The van der Waals surface area contributed by atoms with Crippen molar-refractivity contribution in [3.8, 4) is 5.75 Å². The molecule has 0 bridgehead atoms. The summed E-state index contributed by atoms with van der Waals surface area (Å²) in [5.74, 6) is 0.209. The van der Waals surface area contributed by atoms with E-state index in [0.29, 0.717) is 28.4 Å². The van der Waals surface area contributed by atoms with Crippen molar-refractivity contribution in [1.82, 2.24) is 5.32 Å². The van der Waals surface area contributed by atoms with E-state index in [2.05, 4.69) is 5.32 Å². The topological polar surface area (TPSA) is 84.7 Å². The molecule has 6 nitrogen and oxygen atoms in total. The van der Waals surface area contributed by atoms with Crippen LogP contribution in [0.2, 0.25) is 5.02 Å². The van der Waals surface area contributed by atoms with E-state index in [1.165, 1.54) is 19.2 Å². The number of nitrogens with zero attached hydrogens (tertiary/aromatic N) is 1. The first-order valence-electron chi connectivity index (χ1n) is 8.75. The molecule has 28 heavy (non-hydrogen) atoms. The third-order valence-electron chi connectivity index (χ3n) is 4.69. The highest BCUT2D eigenvalue weighted by molar-refractivity contribution is 6.33. The van der Waals surface area contributed by atoms with Crippen LogP contribution in [-0.4, -0.2) is 25.5 Å². The van der Waals surface area contributed by atoms with Crippen LogP contribution >= 0.6 is 24.0 Å². The van der Waals surface area contributed by atoms with E-state index in [4.69, 9.17) is 22.1 Å². The van der Waals surface area contributed by atoms with Crippen molar-refractivity contribution >= 4 is 47.2 Å². The van der Waals surface area contributed by atoms with Crippen molar-refractivity contribution in [2.24, 2.45) is 0 Å². The molecule has 0 spiro atoms. The molecule has 0 radical (unpaired) electrons. The number of nitrogens with two attached hydrogens (primary N) is 1. The van der Waals surface area contributed by atoms with Gasteiger partial charge in [0, 0.05) is 24.7 Å². The smallest absolute Gasteiger partial charge is 0.255 e. The van der Waals surface area contributed by atoms with Crippen molar-refractivity contribution in [2.75, 3.05) is 24.3 Å². The van der Waals surface area contributed by atoms with Gasteiger partial charge in [-0.1, -0.05) is 23.7 Å². The molecule has 1 aliphatic rings. The second-order valence-electron chi connectivity index (χ2n) is 6.51. The molecule has 3 rings (SSSR count). The summed E-state index contributed by atoms with van der Waals surface area (Å²) in [5.41, 5.74) is 8.25. The lowest BCUT2D eigenvalue weighted by molar-refractivity contribution is -0.117. The van der Waals surface area contributed by atoms with Crippen LogP contribution in [0.5, 0.6) is 5.75 Å². The summed E-state index contributed by atoms with van der Waals surface area (Å²) in [7, 11) is 1.47. The first kappa shape index (κ1) is 21.9. The highest BCUT2D eigenvalue weighted by Crippen LogP contribution is 2.29. The molecule has 0 saturated carbocycles. The average Bonchev–Trinajstić information content (AvgIpc) is 3.09. The Hall–Kier alpha value is -2.44. The fourth-order valence-corrected chi connectivity index (χ4v) is 3.30. The number of benzene rings is 2. The molecule has 2 aromatic carbocycles. The normalized spacial score (nSPS) is 14.4. The van der Waals surface area contributed by atoms with Gasteiger partial charge < -0.3 is 20.7 Å². The molecule has 1 aliphatic heterocycles. The fraction of sp³-hybridized carbons (Fsp3) is 0.300. The third-order valence-corrected chi connectivity index (χ3v) is 5.02. The summed E-state index contributed by atoms with van der Waals surface area (Å²) >= 11 is 6.04. The van der Waals surface area contributed by atoms with Crippen LogP contribution in [0, 0.1) is 0 Å². The molecule has 2 amide bonds. The number of amides is 2. The minimum atomic E-state index is -0.306. The van der Waals surface area contributed by atoms with Crippen LogP contribution in [0.3, 0.4) is 0 Å². The largest absolute Gasteiger partial charge is 0.496 e. The minimum Gasteiger partial charge on any atom is -0.496 e. The monoisotopic (exact) mass is 423 g/mol. The van der Waals surface area contributed by atoms with Crippen LogP contribution in [0.15, 0.2) is 36.4 Å². The number of carbonyl (C=O) groups is 2. The zero-order chi connectivity index (χ0) is 19.6. The lowest BCUT2D eigenvalue weighted by Crippen LogP contribution is -2.27. The summed E-state index contributed by atoms with van der Waals surface area (Å²) < 4.78 is 5.24. The van der Waals surface area contributed by atoms with Crippen LogP contribution in [0.1, 0.15) is 41.7 Å². The van der Waals surface area contributed by atoms with Gasteiger partial charge in [-0.15, -0.1) is 12.4 Å². The van der Waals surface area contributed by atoms with Gasteiger partial charge in [-0.25, -0.2) is 0 Å². The first-order valence-corrected chi connectivity index (χ1v) is 9.12. The third kappa shape index (κ3) is 4.51. The van der Waals surface area contributed by atoms with E-state index < -0.39 is 0 Å². The van der Waals surface area contributed by atoms with Crippen molar-refractivity contribution in [3.05, 3.63) is 52.5 Å². The van der Waals surface area contributed by atoms with Gasteiger partial charge in [-0.3, -0.25) is 9.59 Å². The molecule has 1 saturated heterocycles. The number of hydrogen-bond acceptors (Lipinski definition) is 4. The Balaban J connectivity index is 0.00000280. The van der Waals surface area contributed by atoms with Gasteiger partial charge in [0.25, 0.3) is 5.91 Å². The SMILES string of the molecule is COc1cc(N)c(Cl)cc1C(=O)NC(C)c1ccc(N2CCCC2=O)cc1.Cl. The Kier molecular flexibility index (Phi) is 7.16. The number of rotatable bonds is 5. The van der Waals surface area contributed by atoms with E-state index in [1.807, 2.05) is 31.2 Å². The highest BCUT2D eigenvalue weighted by Gasteiger charge is 2.22. The maximum Gasteiger partial charge on any atom is 0.255 e. The zero-order valence-electron chi connectivity index (χ0n) is 15.7. The fourth-order valence-electron chi connectivity index (χ4n) is 3.14. The number of nitrogens with one attached hydrogen (secondary N) is 1. The quantitative estimate of drug-likeness (QED) is 0.712. The summed E-state index contributed by atoms with van der Waals surface area (Å²) in [5, 5.41) is 3.23. The summed E-state index contributed by atoms with van der Waals surface area (Å²) in [6.45, 7) is 2.64. The molecule has 0 aromatic heterocycles. The van der Waals surface area contributed by atoms with Crippen LogP contribution in [0.4, 0.5) is 11.4 Å². The lowest BCUT2D eigenvalue weighted by Gasteiger charge is -2.19. The van der Waals surface area contributed by atoms with E-state index in [1.54, 1.807) is 4.90 Å². The molecule has 1 unspecified atom stereocenters. The molecule has 150 valence electrons. The van der Waals surface area contributed by atoms with E-state index in [9.17, 15) is 9.59 Å². The summed E-state index contributed by atoms with van der Waals surface area (Å²) in [4.78, 5) is 26.3. The predicted molar refractivity (Wildman–Crippen MR) is 114 cm³/mol. The van der Waals surface area contributed by atoms with Gasteiger partial charge in [0.2, 0.25) is 5.91 Å².